The van der Waals surface area contributed by atoms with Gasteiger partial charge in [0.25, 0.3) is 0 Å². The van der Waals surface area contributed by atoms with Crippen molar-refractivity contribution in [2.24, 2.45) is 0 Å². The molecule has 1 amide bonds. The van der Waals surface area contributed by atoms with E-state index in [1.165, 1.54) is 11.0 Å². The number of benzene rings is 1. The molecule has 134 valence electrons. The van der Waals surface area contributed by atoms with Crippen LogP contribution in [-0.4, -0.2) is 40.9 Å². The fraction of sp³-hybridized carbons (Fsp3) is 0.588. The summed E-state index contributed by atoms with van der Waals surface area (Å²) in [5.74, 6) is -0.439. The van der Waals surface area contributed by atoms with Crippen molar-refractivity contribution in [2.75, 3.05) is 13.1 Å². The van der Waals surface area contributed by atoms with Crippen molar-refractivity contribution in [1.82, 2.24) is 4.90 Å². The molecule has 1 saturated heterocycles. The molecule has 0 spiro atoms. The Morgan fingerprint density at radius 1 is 1.29 bits per heavy atom. The van der Waals surface area contributed by atoms with Crippen LogP contribution in [0.4, 0.5) is 18.0 Å². The molecular formula is C17H22F3NO3. The Labute approximate surface area is 139 Å². The maximum absolute atomic E-state index is 12.8. The van der Waals surface area contributed by atoms with Gasteiger partial charge in [-0.3, -0.25) is 0 Å². The number of β-amino-alcohol motifs (C(OH)–C–C–N with tert-alkyl or cyclic N) is 1. The second-order valence-corrected chi connectivity index (χ2v) is 7.01. The molecule has 2 atom stereocenters. The van der Waals surface area contributed by atoms with Gasteiger partial charge in [-0.05, 0) is 38.8 Å². The summed E-state index contributed by atoms with van der Waals surface area (Å²) in [6.07, 6.45) is -5.50. The zero-order chi connectivity index (χ0) is 18.1. The van der Waals surface area contributed by atoms with Crippen molar-refractivity contribution < 1.29 is 27.8 Å². The summed E-state index contributed by atoms with van der Waals surface area (Å²) < 4.78 is 43.7. The lowest BCUT2D eigenvalue weighted by Crippen LogP contribution is -2.47. The molecule has 1 aromatic carbocycles. The van der Waals surface area contributed by atoms with Gasteiger partial charge in [0.2, 0.25) is 0 Å². The summed E-state index contributed by atoms with van der Waals surface area (Å²) in [4.78, 5) is 13.4. The highest BCUT2D eigenvalue weighted by molar-refractivity contribution is 5.68. The van der Waals surface area contributed by atoms with E-state index in [4.69, 9.17) is 4.74 Å². The molecule has 0 bridgehead atoms. The molecule has 1 heterocycles. The maximum atomic E-state index is 12.8. The Bertz CT molecular complexity index is 595. The minimum Gasteiger partial charge on any atom is -0.444 e. The molecule has 0 aliphatic carbocycles. The number of aliphatic hydroxyl groups is 1. The molecule has 2 rings (SSSR count). The van der Waals surface area contributed by atoms with Gasteiger partial charge in [0.05, 0.1) is 18.2 Å². The van der Waals surface area contributed by atoms with Crippen LogP contribution in [0.25, 0.3) is 0 Å². The Hall–Kier alpha value is -1.76. The molecule has 1 aliphatic rings. The van der Waals surface area contributed by atoms with E-state index in [0.717, 1.165) is 12.1 Å². The van der Waals surface area contributed by atoms with Crippen molar-refractivity contribution in [2.45, 2.75) is 51.0 Å². The van der Waals surface area contributed by atoms with E-state index in [-0.39, 0.29) is 6.54 Å². The predicted molar refractivity (Wildman–Crippen MR) is 82.6 cm³/mol. The van der Waals surface area contributed by atoms with Crippen LogP contribution in [0.15, 0.2) is 24.3 Å². The zero-order valence-electron chi connectivity index (χ0n) is 13.9. The minimum absolute atomic E-state index is 0.0375. The van der Waals surface area contributed by atoms with Crippen LogP contribution >= 0.6 is 0 Å². The SMILES string of the molecule is CC(C)(C)OC(=O)N1CCC(c2cccc(C(F)(F)F)c2)C(O)C1. The first-order chi connectivity index (χ1) is 11.0. The van der Waals surface area contributed by atoms with Crippen LogP contribution in [0.5, 0.6) is 0 Å². The summed E-state index contributed by atoms with van der Waals surface area (Å²) in [5, 5.41) is 10.3. The van der Waals surface area contributed by atoms with Gasteiger partial charge in [-0.2, -0.15) is 13.2 Å². The lowest BCUT2D eigenvalue weighted by atomic mass is 9.86. The molecule has 0 saturated carbocycles. The summed E-state index contributed by atoms with van der Waals surface area (Å²) in [6.45, 7) is 5.60. The minimum atomic E-state index is -4.42. The number of hydrogen-bond donors (Lipinski definition) is 1. The van der Waals surface area contributed by atoms with Crippen LogP contribution in [0.3, 0.4) is 0 Å². The summed E-state index contributed by atoms with van der Waals surface area (Å²) in [7, 11) is 0. The second kappa shape index (κ2) is 6.63. The van der Waals surface area contributed by atoms with E-state index in [1.807, 2.05) is 0 Å². The highest BCUT2D eigenvalue weighted by Gasteiger charge is 2.35. The van der Waals surface area contributed by atoms with Gasteiger partial charge in [-0.25, -0.2) is 4.79 Å². The Balaban J connectivity index is 2.08. The molecule has 2 unspecified atom stereocenters. The zero-order valence-corrected chi connectivity index (χ0v) is 13.9. The molecule has 4 nitrogen and oxygen atoms in total. The van der Waals surface area contributed by atoms with E-state index >= 15 is 0 Å². The van der Waals surface area contributed by atoms with E-state index in [1.54, 1.807) is 26.8 Å². The molecular weight excluding hydrogens is 323 g/mol. The predicted octanol–water partition coefficient (Wildman–Crippen LogP) is 3.79. The monoisotopic (exact) mass is 345 g/mol. The number of nitrogens with zero attached hydrogens (tertiary/aromatic N) is 1. The van der Waals surface area contributed by atoms with Gasteiger partial charge in [0, 0.05) is 12.5 Å². The summed E-state index contributed by atoms with van der Waals surface area (Å²) in [5.41, 5.74) is -0.942. The van der Waals surface area contributed by atoms with Crippen molar-refractivity contribution in [3.63, 3.8) is 0 Å². The first-order valence-corrected chi connectivity index (χ1v) is 7.80. The fourth-order valence-corrected chi connectivity index (χ4v) is 2.76. The van der Waals surface area contributed by atoms with Crippen molar-refractivity contribution in [3.8, 4) is 0 Å². The number of carbonyl (C=O) groups excluding carboxylic acids is 1. The van der Waals surface area contributed by atoms with Gasteiger partial charge in [0.15, 0.2) is 0 Å². The number of carbonyl (C=O) groups is 1. The number of halogens is 3. The molecule has 7 heteroatoms. The van der Waals surface area contributed by atoms with E-state index < -0.39 is 35.5 Å². The summed E-state index contributed by atoms with van der Waals surface area (Å²) in [6, 6.07) is 4.99. The fourth-order valence-electron chi connectivity index (χ4n) is 2.76. The summed E-state index contributed by atoms with van der Waals surface area (Å²) >= 11 is 0. The highest BCUT2D eigenvalue weighted by Crippen LogP contribution is 2.34. The van der Waals surface area contributed by atoms with Gasteiger partial charge in [0.1, 0.15) is 5.60 Å². The average Bonchev–Trinajstić information content (AvgIpc) is 2.44. The Morgan fingerprint density at radius 3 is 2.50 bits per heavy atom. The van der Waals surface area contributed by atoms with Crippen LogP contribution in [-0.2, 0) is 10.9 Å². The normalized spacial score (nSPS) is 22.4. The molecule has 0 radical (unpaired) electrons. The molecule has 1 aromatic rings. The number of aliphatic hydroxyl groups excluding tert-OH is 1. The third-order valence-electron chi connectivity index (χ3n) is 3.88. The smallest absolute Gasteiger partial charge is 0.416 e. The Morgan fingerprint density at radius 2 is 1.96 bits per heavy atom. The largest absolute Gasteiger partial charge is 0.444 e. The number of alkyl halides is 3. The topological polar surface area (TPSA) is 49.8 Å². The van der Waals surface area contributed by atoms with Crippen molar-refractivity contribution in [1.29, 1.82) is 0 Å². The van der Waals surface area contributed by atoms with Gasteiger partial charge >= 0.3 is 12.3 Å². The standard InChI is InChI=1S/C17H22F3NO3/c1-16(2,3)24-15(23)21-8-7-13(14(22)10-21)11-5-4-6-12(9-11)17(18,19)20/h4-6,9,13-14,22H,7-8,10H2,1-3H3. The van der Waals surface area contributed by atoms with Crippen LogP contribution in [0.2, 0.25) is 0 Å². The maximum Gasteiger partial charge on any atom is 0.416 e. The first-order valence-electron chi connectivity index (χ1n) is 7.80. The molecule has 24 heavy (non-hydrogen) atoms. The number of piperidine rings is 1. The molecule has 1 aliphatic heterocycles. The number of rotatable bonds is 1. The third kappa shape index (κ3) is 4.63. The van der Waals surface area contributed by atoms with Gasteiger partial charge in [-0.1, -0.05) is 18.2 Å². The van der Waals surface area contributed by atoms with Crippen LogP contribution in [0.1, 0.15) is 44.2 Å². The highest BCUT2D eigenvalue weighted by atomic mass is 19.4. The molecule has 1 N–H and O–H groups in total. The number of likely N-dealkylation sites (tertiary alicyclic amines) is 1. The first kappa shape index (κ1) is 18.6. The van der Waals surface area contributed by atoms with Gasteiger partial charge < -0.3 is 14.7 Å². The van der Waals surface area contributed by atoms with Crippen LogP contribution in [0, 0.1) is 0 Å². The molecule has 1 fully saturated rings. The number of amides is 1. The van der Waals surface area contributed by atoms with E-state index in [9.17, 15) is 23.1 Å². The van der Waals surface area contributed by atoms with Crippen molar-refractivity contribution in [3.05, 3.63) is 35.4 Å². The average molecular weight is 345 g/mol. The number of ether oxygens (including phenoxy) is 1. The number of hydrogen-bond acceptors (Lipinski definition) is 3. The lowest BCUT2D eigenvalue weighted by molar-refractivity contribution is -0.137. The third-order valence-corrected chi connectivity index (χ3v) is 3.88. The Kier molecular flexibility index (Phi) is 5.13. The van der Waals surface area contributed by atoms with E-state index in [0.29, 0.717) is 18.5 Å². The molecule has 0 aromatic heterocycles. The van der Waals surface area contributed by atoms with E-state index in [2.05, 4.69) is 0 Å². The van der Waals surface area contributed by atoms with Gasteiger partial charge in [-0.15, -0.1) is 0 Å². The lowest BCUT2D eigenvalue weighted by Gasteiger charge is -2.37. The second-order valence-electron chi connectivity index (χ2n) is 7.01. The van der Waals surface area contributed by atoms with Crippen molar-refractivity contribution >= 4 is 6.09 Å². The quantitative estimate of drug-likeness (QED) is 0.842. The van der Waals surface area contributed by atoms with Crippen LogP contribution < -0.4 is 0 Å².